The Morgan fingerprint density at radius 2 is 1.74 bits per heavy atom. The molecule has 1 aromatic carbocycles. The van der Waals surface area contributed by atoms with Gasteiger partial charge in [0.1, 0.15) is 5.69 Å². The summed E-state index contributed by atoms with van der Waals surface area (Å²) in [5, 5.41) is 11.3. The maximum absolute atomic E-state index is 13.2. The highest BCUT2D eigenvalue weighted by Crippen LogP contribution is 2.34. The molecule has 2 aromatic rings. The summed E-state index contributed by atoms with van der Waals surface area (Å²) in [6.07, 6.45) is -0.489. The largest absolute Gasteiger partial charge is 0.490 e. The Morgan fingerprint density at radius 3 is 2.34 bits per heavy atom. The second-order valence-corrected chi connectivity index (χ2v) is 10.1. The van der Waals surface area contributed by atoms with E-state index in [1.165, 1.54) is 24.0 Å². The molecule has 2 N–H and O–H groups in total. The Morgan fingerprint density at radius 1 is 1.11 bits per heavy atom. The lowest BCUT2D eigenvalue weighted by Crippen LogP contribution is -2.44. The van der Waals surface area contributed by atoms with Crippen molar-refractivity contribution >= 4 is 34.0 Å². The number of hydrogen-bond acceptors (Lipinski definition) is 6. The van der Waals surface area contributed by atoms with E-state index in [1.54, 1.807) is 11.3 Å². The molecule has 1 aliphatic heterocycles. The second kappa shape index (κ2) is 11.4. The average Bonchev–Trinajstić information content (AvgIpc) is 3.26. The predicted octanol–water partition coefficient (Wildman–Crippen LogP) is 4.78. The van der Waals surface area contributed by atoms with Crippen molar-refractivity contribution in [2.75, 3.05) is 43.4 Å². The summed E-state index contributed by atoms with van der Waals surface area (Å²) in [7, 11) is 2.15. The van der Waals surface area contributed by atoms with Gasteiger partial charge in [0.05, 0.1) is 0 Å². The maximum Gasteiger partial charge on any atom is 0.490 e. The molecule has 11 heteroatoms. The molecule has 1 aromatic heterocycles. The molecule has 1 saturated heterocycles. The van der Waals surface area contributed by atoms with E-state index in [4.69, 9.17) is 14.9 Å². The van der Waals surface area contributed by atoms with Crippen LogP contribution in [0.5, 0.6) is 0 Å². The van der Waals surface area contributed by atoms with Crippen LogP contribution in [0.2, 0.25) is 0 Å². The quantitative estimate of drug-likeness (QED) is 0.613. The molecular formula is C24H31F3N4O3S. The zero-order valence-electron chi connectivity index (χ0n) is 20.1. The number of rotatable bonds is 4. The highest BCUT2D eigenvalue weighted by atomic mass is 32.1. The van der Waals surface area contributed by atoms with Crippen molar-refractivity contribution < 1.29 is 27.9 Å². The molecule has 4 rings (SSSR count). The Bertz CT molecular complexity index is 1050. The number of nitrogens with zero attached hydrogens (tertiary/aromatic N) is 3. The topological polar surface area (TPSA) is 85.8 Å². The first-order valence-corrected chi connectivity index (χ1v) is 12.5. The molecule has 0 saturated carbocycles. The van der Waals surface area contributed by atoms with Crippen LogP contribution in [-0.2, 0) is 17.6 Å². The summed E-state index contributed by atoms with van der Waals surface area (Å²) in [5.41, 5.74) is 4.25. The van der Waals surface area contributed by atoms with Gasteiger partial charge >= 0.3 is 12.1 Å². The standard InChI is InChI=1S/C22H30N4OS.C2HF3O2/c1-15(2)20-19(24-22(28-20)26-13-11-25(3)12-14-26)21(27)23-18-10-6-8-16-7-4-5-9-17(16)18;3-2(4,5)1(6)7/h6,8,10,15H,4-5,7,9,11-14H2,1-3H3,(H,23,27);(H,6,7). The van der Waals surface area contributed by atoms with Gasteiger partial charge in [-0.1, -0.05) is 26.0 Å². The van der Waals surface area contributed by atoms with Crippen molar-refractivity contribution in [2.24, 2.45) is 0 Å². The van der Waals surface area contributed by atoms with Gasteiger partial charge in [-0.15, -0.1) is 11.3 Å². The highest BCUT2D eigenvalue weighted by Gasteiger charge is 2.38. The number of aliphatic carboxylic acids is 1. The average molecular weight is 513 g/mol. The van der Waals surface area contributed by atoms with Crippen LogP contribution in [0.3, 0.4) is 0 Å². The maximum atomic E-state index is 13.2. The number of anilines is 2. The lowest BCUT2D eigenvalue weighted by molar-refractivity contribution is -0.192. The monoisotopic (exact) mass is 512 g/mol. The van der Waals surface area contributed by atoms with Crippen molar-refractivity contribution in [3.05, 3.63) is 39.9 Å². The van der Waals surface area contributed by atoms with E-state index in [1.807, 2.05) is 6.07 Å². The van der Waals surface area contributed by atoms with Crippen LogP contribution in [0.1, 0.15) is 59.1 Å². The van der Waals surface area contributed by atoms with E-state index >= 15 is 0 Å². The Kier molecular flexibility index (Phi) is 8.76. The fraction of sp³-hybridized carbons (Fsp3) is 0.542. The number of benzene rings is 1. The number of thiazole rings is 1. The SMILES string of the molecule is CC(C)c1sc(N2CCN(C)CC2)nc1C(=O)Nc1cccc2c1CCCC2.O=C(O)C(F)(F)F. The number of carbonyl (C=O) groups excluding carboxylic acids is 1. The van der Waals surface area contributed by atoms with E-state index in [2.05, 4.69) is 48.1 Å². The summed E-state index contributed by atoms with van der Waals surface area (Å²) in [6.45, 7) is 8.29. The Labute approximate surface area is 207 Å². The third-order valence-corrected chi connectivity index (χ3v) is 7.46. The number of carbonyl (C=O) groups is 2. The van der Waals surface area contributed by atoms with Crippen molar-refractivity contribution in [1.29, 1.82) is 0 Å². The van der Waals surface area contributed by atoms with Crippen molar-refractivity contribution in [3.8, 4) is 0 Å². The minimum Gasteiger partial charge on any atom is -0.475 e. The minimum atomic E-state index is -5.08. The first kappa shape index (κ1) is 26.9. The van der Waals surface area contributed by atoms with Crippen LogP contribution in [0, 0.1) is 0 Å². The van der Waals surface area contributed by atoms with Crippen LogP contribution in [0.15, 0.2) is 18.2 Å². The molecule has 0 radical (unpaired) electrons. The smallest absolute Gasteiger partial charge is 0.475 e. The Hall–Kier alpha value is -2.66. The number of carboxylic acids is 1. The van der Waals surface area contributed by atoms with Crippen molar-refractivity contribution in [1.82, 2.24) is 9.88 Å². The van der Waals surface area contributed by atoms with Crippen LogP contribution in [0.4, 0.5) is 24.0 Å². The van der Waals surface area contributed by atoms with Gasteiger partial charge in [0, 0.05) is 36.7 Å². The molecule has 0 bridgehead atoms. The number of aryl methyl sites for hydroxylation is 1. The van der Waals surface area contributed by atoms with Crippen LogP contribution < -0.4 is 10.2 Å². The number of likely N-dealkylation sites (N-methyl/N-ethyl adjacent to an activating group) is 1. The van der Waals surface area contributed by atoms with E-state index in [0.29, 0.717) is 5.69 Å². The van der Waals surface area contributed by atoms with Crippen LogP contribution >= 0.6 is 11.3 Å². The zero-order valence-corrected chi connectivity index (χ0v) is 20.9. The van der Waals surface area contributed by atoms with Gasteiger partial charge in [-0.05, 0) is 55.8 Å². The van der Waals surface area contributed by atoms with Gasteiger partial charge in [0.25, 0.3) is 5.91 Å². The van der Waals surface area contributed by atoms with Crippen molar-refractivity contribution in [2.45, 2.75) is 51.6 Å². The summed E-state index contributed by atoms with van der Waals surface area (Å²) < 4.78 is 31.7. The Balaban J connectivity index is 0.000000429. The van der Waals surface area contributed by atoms with Gasteiger partial charge < -0.3 is 20.2 Å². The number of hydrogen-bond donors (Lipinski definition) is 2. The summed E-state index contributed by atoms with van der Waals surface area (Å²) >= 11 is 1.68. The predicted molar refractivity (Wildman–Crippen MR) is 131 cm³/mol. The highest BCUT2D eigenvalue weighted by molar-refractivity contribution is 7.16. The fourth-order valence-corrected chi connectivity index (χ4v) is 5.20. The molecule has 0 atom stereocenters. The molecular weight excluding hydrogens is 481 g/mol. The number of amides is 1. The number of fused-ring (bicyclic) bond motifs is 1. The van der Waals surface area contributed by atoms with E-state index in [0.717, 1.165) is 54.7 Å². The summed E-state index contributed by atoms with van der Waals surface area (Å²) in [4.78, 5) is 32.6. The lowest BCUT2D eigenvalue weighted by atomic mass is 9.90. The van der Waals surface area contributed by atoms with Crippen LogP contribution in [0.25, 0.3) is 0 Å². The molecule has 1 fully saturated rings. The van der Waals surface area contributed by atoms with Gasteiger partial charge in [-0.3, -0.25) is 4.79 Å². The molecule has 0 unspecified atom stereocenters. The summed E-state index contributed by atoms with van der Waals surface area (Å²) in [5.74, 6) is -2.55. The molecule has 1 aliphatic carbocycles. The summed E-state index contributed by atoms with van der Waals surface area (Å²) in [6, 6.07) is 6.28. The van der Waals surface area contributed by atoms with Gasteiger partial charge in [0.2, 0.25) is 0 Å². The number of halogens is 3. The molecule has 35 heavy (non-hydrogen) atoms. The third-order valence-electron chi connectivity index (χ3n) is 6.04. The second-order valence-electron chi connectivity index (χ2n) is 9.06. The first-order chi connectivity index (χ1) is 16.5. The number of carboxylic acid groups (broad SMARTS) is 1. The zero-order chi connectivity index (χ0) is 25.8. The molecule has 192 valence electrons. The van der Waals surface area contributed by atoms with E-state index in [9.17, 15) is 18.0 Å². The van der Waals surface area contributed by atoms with Crippen LogP contribution in [-0.4, -0.2) is 66.3 Å². The molecule has 1 amide bonds. The van der Waals surface area contributed by atoms with E-state index in [-0.39, 0.29) is 11.8 Å². The lowest BCUT2D eigenvalue weighted by Gasteiger charge is -2.32. The number of piperazine rings is 1. The molecule has 2 aliphatic rings. The normalized spacial score (nSPS) is 16.4. The minimum absolute atomic E-state index is 0.0701. The van der Waals surface area contributed by atoms with Gasteiger partial charge in [-0.2, -0.15) is 13.2 Å². The third kappa shape index (κ3) is 6.94. The molecule has 0 spiro atoms. The molecule has 7 nitrogen and oxygen atoms in total. The fourth-order valence-electron chi connectivity index (χ4n) is 4.09. The van der Waals surface area contributed by atoms with E-state index < -0.39 is 12.1 Å². The number of alkyl halides is 3. The number of aromatic nitrogens is 1. The number of nitrogens with one attached hydrogen (secondary N) is 1. The van der Waals surface area contributed by atoms with Gasteiger partial charge in [0.15, 0.2) is 5.13 Å². The van der Waals surface area contributed by atoms with Gasteiger partial charge in [-0.25, -0.2) is 9.78 Å². The van der Waals surface area contributed by atoms with Crippen molar-refractivity contribution in [3.63, 3.8) is 0 Å². The first-order valence-electron chi connectivity index (χ1n) is 11.6. The molecule has 2 heterocycles.